The topological polar surface area (TPSA) is 61.4 Å². The van der Waals surface area contributed by atoms with Gasteiger partial charge in [-0.2, -0.15) is 0 Å². The van der Waals surface area contributed by atoms with E-state index in [0.717, 1.165) is 45.2 Å². The number of carbonyl (C=O) groups excluding carboxylic acids is 2. The van der Waals surface area contributed by atoms with Crippen LogP contribution in [0.3, 0.4) is 0 Å². The molecule has 0 bridgehead atoms. The lowest BCUT2D eigenvalue weighted by Gasteiger charge is -2.32. The zero-order chi connectivity index (χ0) is 15.7. The fourth-order valence-corrected chi connectivity index (χ4v) is 2.86. The minimum atomic E-state index is -0.0358. The molecule has 1 aliphatic rings. The van der Waals surface area contributed by atoms with E-state index in [-0.39, 0.29) is 36.2 Å². The zero-order valence-electron chi connectivity index (χ0n) is 14.2. The van der Waals surface area contributed by atoms with Gasteiger partial charge in [-0.15, -0.1) is 12.4 Å². The van der Waals surface area contributed by atoms with Crippen molar-refractivity contribution in [2.45, 2.75) is 58.4 Å². The van der Waals surface area contributed by atoms with E-state index in [1.54, 1.807) is 0 Å². The van der Waals surface area contributed by atoms with Crippen LogP contribution in [0.5, 0.6) is 0 Å². The van der Waals surface area contributed by atoms with Gasteiger partial charge in [0.2, 0.25) is 11.8 Å². The van der Waals surface area contributed by atoms with E-state index >= 15 is 0 Å². The summed E-state index contributed by atoms with van der Waals surface area (Å²) in [5, 5.41) is 6.13. The molecule has 130 valence electrons. The lowest BCUT2D eigenvalue weighted by Crippen LogP contribution is -2.47. The molecule has 2 unspecified atom stereocenters. The Balaban J connectivity index is 0.00000441. The maximum absolute atomic E-state index is 12.3. The molecule has 2 amide bonds. The van der Waals surface area contributed by atoms with Gasteiger partial charge in [0.1, 0.15) is 0 Å². The zero-order valence-corrected chi connectivity index (χ0v) is 15.0. The predicted octanol–water partition coefficient (Wildman–Crippen LogP) is 1.95. The number of likely N-dealkylation sites (tertiary alicyclic amines) is 1. The molecule has 0 aromatic rings. The van der Waals surface area contributed by atoms with Gasteiger partial charge >= 0.3 is 0 Å². The summed E-state index contributed by atoms with van der Waals surface area (Å²) < 4.78 is 0. The van der Waals surface area contributed by atoms with Gasteiger partial charge in [-0.25, -0.2) is 0 Å². The number of halogens is 1. The van der Waals surface area contributed by atoms with Gasteiger partial charge in [-0.1, -0.05) is 13.3 Å². The van der Waals surface area contributed by atoms with Crippen molar-refractivity contribution in [3.8, 4) is 0 Å². The number of rotatable bonds is 8. The summed E-state index contributed by atoms with van der Waals surface area (Å²) in [6, 6.07) is 0.226. The molecule has 2 atom stereocenters. The number of nitrogens with one attached hydrogen (secondary N) is 2. The molecule has 0 spiro atoms. The van der Waals surface area contributed by atoms with E-state index in [1.807, 2.05) is 18.9 Å². The molecule has 0 aromatic carbocycles. The van der Waals surface area contributed by atoms with Crippen LogP contribution in [0.1, 0.15) is 52.4 Å². The third-order valence-electron chi connectivity index (χ3n) is 4.07. The van der Waals surface area contributed by atoms with E-state index in [1.165, 1.54) is 0 Å². The monoisotopic (exact) mass is 333 g/mol. The number of hydrogen-bond donors (Lipinski definition) is 2. The maximum atomic E-state index is 12.3. The Kier molecular flexibility index (Phi) is 11.3. The second-order valence-electron chi connectivity index (χ2n) is 6.08. The predicted molar refractivity (Wildman–Crippen MR) is 92.2 cm³/mol. The van der Waals surface area contributed by atoms with E-state index in [4.69, 9.17) is 0 Å². The van der Waals surface area contributed by atoms with Gasteiger partial charge in [0.15, 0.2) is 0 Å². The van der Waals surface area contributed by atoms with Crippen molar-refractivity contribution < 1.29 is 9.59 Å². The number of nitrogens with zero attached hydrogens (tertiary/aromatic N) is 1. The van der Waals surface area contributed by atoms with Gasteiger partial charge < -0.3 is 15.5 Å². The number of amides is 2. The molecule has 1 rings (SSSR count). The van der Waals surface area contributed by atoms with Gasteiger partial charge in [-0.05, 0) is 46.2 Å². The second kappa shape index (κ2) is 11.7. The van der Waals surface area contributed by atoms with E-state index < -0.39 is 0 Å². The van der Waals surface area contributed by atoms with Gasteiger partial charge in [0.05, 0.1) is 5.92 Å². The van der Waals surface area contributed by atoms with Gasteiger partial charge in [0, 0.05) is 25.6 Å². The van der Waals surface area contributed by atoms with E-state index in [2.05, 4.69) is 17.6 Å². The van der Waals surface area contributed by atoms with Crippen molar-refractivity contribution in [1.29, 1.82) is 0 Å². The molecule has 0 saturated carbocycles. The number of carbonyl (C=O) groups is 2. The first kappa shape index (κ1) is 21.2. The highest BCUT2D eigenvalue weighted by Crippen LogP contribution is 2.18. The average Bonchev–Trinajstić information content (AvgIpc) is 2.47. The van der Waals surface area contributed by atoms with Crippen LogP contribution in [-0.4, -0.2) is 49.4 Å². The second-order valence-corrected chi connectivity index (χ2v) is 6.08. The van der Waals surface area contributed by atoms with Crippen LogP contribution in [0.4, 0.5) is 0 Å². The highest BCUT2D eigenvalue weighted by molar-refractivity contribution is 5.85. The molecule has 6 heteroatoms. The lowest BCUT2D eigenvalue weighted by molar-refractivity contribution is -0.136. The Morgan fingerprint density at radius 1 is 1.36 bits per heavy atom. The Bertz CT molecular complexity index is 339. The summed E-state index contributed by atoms with van der Waals surface area (Å²) in [7, 11) is 1.89. The standard InChI is InChI=1S/C16H31N3O2.ClH/c1-4-7-13(2)18-16(21)14-8-6-11-19(12-14)15(20)9-5-10-17-3;/h13-14,17H,4-12H2,1-3H3,(H,18,21);1H. The first-order valence-electron chi connectivity index (χ1n) is 8.31. The van der Waals surface area contributed by atoms with Crippen LogP contribution in [0.25, 0.3) is 0 Å². The Labute approximate surface area is 141 Å². The van der Waals surface area contributed by atoms with Crippen molar-refractivity contribution in [2.75, 3.05) is 26.7 Å². The molecule has 1 saturated heterocycles. The van der Waals surface area contributed by atoms with Crippen LogP contribution >= 0.6 is 12.4 Å². The van der Waals surface area contributed by atoms with Crippen molar-refractivity contribution in [3.63, 3.8) is 0 Å². The Hall–Kier alpha value is -0.810. The van der Waals surface area contributed by atoms with Gasteiger partial charge in [0.25, 0.3) is 0 Å². The molecule has 1 fully saturated rings. The Morgan fingerprint density at radius 3 is 2.73 bits per heavy atom. The largest absolute Gasteiger partial charge is 0.353 e. The van der Waals surface area contributed by atoms with Crippen molar-refractivity contribution in [3.05, 3.63) is 0 Å². The number of hydrogen-bond acceptors (Lipinski definition) is 3. The first-order chi connectivity index (χ1) is 10.1. The van der Waals surface area contributed by atoms with E-state index in [0.29, 0.717) is 13.0 Å². The lowest BCUT2D eigenvalue weighted by atomic mass is 9.96. The van der Waals surface area contributed by atoms with Gasteiger partial charge in [-0.3, -0.25) is 9.59 Å². The maximum Gasteiger partial charge on any atom is 0.225 e. The smallest absolute Gasteiger partial charge is 0.225 e. The first-order valence-corrected chi connectivity index (χ1v) is 8.31. The molecular formula is C16H32ClN3O2. The van der Waals surface area contributed by atoms with Crippen LogP contribution in [0.15, 0.2) is 0 Å². The molecule has 1 aliphatic heterocycles. The van der Waals surface area contributed by atoms with Crippen LogP contribution < -0.4 is 10.6 Å². The molecule has 0 aliphatic carbocycles. The average molecular weight is 334 g/mol. The SMILES string of the molecule is CCCC(C)NC(=O)C1CCCN(C(=O)CCCNC)C1.Cl. The summed E-state index contributed by atoms with van der Waals surface area (Å²) in [6.45, 7) is 6.41. The highest BCUT2D eigenvalue weighted by atomic mass is 35.5. The summed E-state index contributed by atoms with van der Waals surface area (Å²) in [5.74, 6) is 0.263. The molecular weight excluding hydrogens is 302 g/mol. The normalized spacial score (nSPS) is 19.2. The summed E-state index contributed by atoms with van der Waals surface area (Å²) in [5.41, 5.74) is 0. The van der Waals surface area contributed by atoms with Crippen molar-refractivity contribution >= 4 is 24.2 Å². The fraction of sp³-hybridized carbons (Fsp3) is 0.875. The van der Waals surface area contributed by atoms with Crippen LogP contribution in [0.2, 0.25) is 0 Å². The minimum absolute atomic E-state index is 0. The summed E-state index contributed by atoms with van der Waals surface area (Å²) >= 11 is 0. The molecule has 1 heterocycles. The van der Waals surface area contributed by atoms with Crippen LogP contribution in [0, 0.1) is 5.92 Å². The summed E-state index contributed by atoms with van der Waals surface area (Å²) in [6.07, 6.45) is 5.33. The quantitative estimate of drug-likeness (QED) is 0.667. The Morgan fingerprint density at radius 2 is 2.09 bits per heavy atom. The molecule has 0 aromatic heterocycles. The molecule has 2 N–H and O–H groups in total. The third-order valence-corrected chi connectivity index (χ3v) is 4.07. The van der Waals surface area contributed by atoms with E-state index in [9.17, 15) is 9.59 Å². The minimum Gasteiger partial charge on any atom is -0.353 e. The molecule has 5 nitrogen and oxygen atoms in total. The van der Waals surface area contributed by atoms with Crippen molar-refractivity contribution in [1.82, 2.24) is 15.5 Å². The highest BCUT2D eigenvalue weighted by Gasteiger charge is 2.28. The number of piperidine rings is 1. The summed E-state index contributed by atoms with van der Waals surface area (Å²) in [4.78, 5) is 26.3. The van der Waals surface area contributed by atoms with Crippen molar-refractivity contribution in [2.24, 2.45) is 5.92 Å². The molecule has 22 heavy (non-hydrogen) atoms. The fourth-order valence-electron chi connectivity index (χ4n) is 2.86. The molecule has 0 radical (unpaired) electrons. The third kappa shape index (κ3) is 7.45. The van der Waals surface area contributed by atoms with Crippen LogP contribution in [-0.2, 0) is 9.59 Å².